The molecule has 1 aromatic carbocycles. The second-order valence-electron chi connectivity index (χ2n) is 3.97. The number of thioether (sulfide) groups is 1. The Morgan fingerprint density at radius 2 is 2.19 bits per heavy atom. The van der Waals surface area contributed by atoms with Crippen molar-refractivity contribution in [1.82, 2.24) is 5.32 Å². The first-order chi connectivity index (χ1) is 7.75. The molecule has 1 aromatic rings. The Kier molecular flexibility index (Phi) is 3.72. The monoisotopic (exact) mass is 236 g/mol. The van der Waals surface area contributed by atoms with Gasteiger partial charge >= 0.3 is 0 Å². The maximum absolute atomic E-state index is 11.8. The maximum Gasteiger partial charge on any atom is 0.251 e. The highest BCUT2D eigenvalue weighted by atomic mass is 32.2. The molecule has 0 spiro atoms. The number of amides is 1. The van der Waals surface area contributed by atoms with Crippen LogP contribution in [-0.4, -0.2) is 23.5 Å². The van der Waals surface area contributed by atoms with Gasteiger partial charge in [-0.3, -0.25) is 4.79 Å². The van der Waals surface area contributed by atoms with E-state index in [0.717, 1.165) is 6.54 Å². The van der Waals surface area contributed by atoms with Gasteiger partial charge in [0.25, 0.3) is 5.91 Å². The Hall–Kier alpha value is -1.16. The van der Waals surface area contributed by atoms with Gasteiger partial charge in [-0.2, -0.15) is 11.8 Å². The fourth-order valence-corrected chi connectivity index (χ4v) is 2.95. The van der Waals surface area contributed by atoms with Crippen molar-refractivity contribution in [2.75, 3.05) is 18.0 Å². The Bertz CT molecular complexity index is 358. The predicted molar refractivity (Wildman–Crippen MR) is 68.7 cm³/mol. The molecule has 1 aliphatic heterocycles. The zero-order chi connectivity index (χ0) is 11.4. The Morgan fingerprint density at radius 3 is 2.81 bits per heavy atom. The predicted octanol–water partition coefficient (Wildman–Crippen LogP) is 1.89. The van der Waals surface area contributed by atoms with Crippen LogP contribution in [0.3, 0.4) is 0 Å². The number of hydrogen-bond donors (Lipinski definition) is 2. The minimum atomic E-state index is -0.00694. The third kappa shape index (κ3) is 2.92. The summed E-state index contributed by atoms with van der Waals surface area (Å²) in [6.07, 6.45) is 2.49. The van der Waals surface area contributed by atoms with E-state index >= 15 is 0 Å². The van der Waals surface area contributed by atoms with Crippen molar-refractivity contribution < 1.29 is 4.79 Å². The number of carbonyl (C=O) groups is 1. The van der Waals surface area contributed by atoms with Crippen molar-refractivity contribution >= 4 is 23.4 Å². The van der Waals surface area contributed by atoms with Crippen LogP contribution < -0.4 is 11.1 Å². The molecule has 86 valence electrons. The molecule has 1 aliphatic rings. The van der Waals surface area contributed by atoms with Crippen LogP contribution in [0.25, 0.3) is 0 Å². The molecule has 1 amide bonds. The lowest BCUT2D eigenvalue weighted by Gasteiger charge is -2.10. The Labute approximate surface area is 99.8 Å². The van der Waals surface area contributed by atoms with Gasteiger partial charge in [0.2, 0.25) is 0 Å². The summed E-state index contributed by atoms with van der Waals surface area (Å²) in [7, 11) is 0. The molecule has 0 aliphatic carbocycles. The molecule has 0 aromatic heterocycles. The van der Waals surface area contributed by atoms with Crippen LogP contribution in [0.1, 0.15) is 23.2 Å². The standard InChI is InChI=1S/C12H16N2OS/c13-10-5-3-9(4-6-10)12(15)14-8-11-2-1-7-16-11/h3-6,11H,1-2,7-8,13H2,(H,14,15). The molecule has 3 nitrogen and oxygen atoms in total. The lowest BCUT2D eigenvalue weighted by molar-refractivity contribution is 0.0953. The number of carbonyl (C=O) groups excluding carboxylic acids is 1. The van der Waals surface area contributed by atoms with E-state index in [9.17, 15) is 4.79 Å². The van der Waals surface area contributed by atoms with Crippen molar-refractivity contribution in [3.8, 4) is 0 Å². The first-order valence-electron chi connectivity index (χ1n) is 5.51. The van der Waals surface area contributed by atoms with E-state index in [-0.39, 0.29) is 5.91 Å². The van der Waals surface area contributed by atoms with Gasteiger partial charge in [-0.05, 0) is 42.9 Å². The molecule has 0 radical (unpaired) electrons. The second-order valence-corrected chi connectivity index (χ2v) is 5.38. The quantitative estimate of drug-likeness (QED) is 0.788. The fourth-order valence-electron chi connectivity index (χ4n) is 1.75. The van der Waals surface area contributed by atoms with E-state index in [1.165, 1.54) is 18.6 Å². The lowest BCUT2D eigenvalue weighted by Crippen LogP contribution is -2.29. The first-order valence-corrected chi connectivity index (χ1v) is 6.56. The number of anilines is 1. The molecule has 1 unspecified atom stereocenters. The van der Waals surface area contributed by atoms with Crippen molar-refractivity contribution in [2.24, 2.45) is 0 Å². The highest BCUT2D eigenvalue weighted by Crippen LogP contribution is 2.25. The third-order valence-corrected chi connectivity index (χ3v) is 4.09. The molecular weight excluding hydrogens is 220 g/mol. The molecule has 16 heavy (non-hydrogen) atoms. The van der Waals surface area contributed by atoms with Crippen molar-refractivity contribution in [2.45, 2.75) is 18.1 Å². The SMILES string of the molecule is Nc1ccc(C(=O)NCC2CCCS2)cc1. The van der Waals surface area contributed by atoms with Gasteiger partial charge in [-0.15, -0.1) is 0 Å². The molecule has 3 N–H and O–H groups in total. The summed E-state index contributed by atoms with van der Waals surface area (Å²) in [6.45, 7) is 0.772. The minimum absolute atomic E-state index is 0.00694. The van der Waals surface area contributed by atoms with E-state index in [1.807, 2.05) is 11.8 Å². The normalized spacial score (nSPS) is 19.6. The highest BCUT2D eigenvalue weighted by Gasteiger charge is 2.16. The van der Waals surface area contributed by atoms with Crippen LogP contribution in [0.5, 0.6) is 0 Å². The van der Waals surface area contributed by atoms with Crippen LogP contribution >= 0.6 is 11.8 Å². The molecule has 0 saturated carbocycles. The topological polar surface area (TPSA) is 55.1 Å². The van der Waals surface area contributed by atoms with Gasteiger partial charge < -0.3 is 11.1 Å². The molecule has 1 fully saturated rings. The summed E-state index contributed by atoms with van der Waals surface area (Å²) in [6, 6.07) is 7.01. The summed E-state index contributed by atoms with van der Waals surface area (Å²) < 4.78 is 0. The molecule has 0 bridgehead atoms. The molecule has 2 rings (SSSR count). The van der Waals surface area contributed by atoms with E-state index < -0.39 is 0 Å². The van der Waals surface area contributed by atoms with Crippen LogP contribution in [0.4, 0.5) is 5.69 Å². The van der Waals surface area contributed by atoms with Crippen molar-refractivity contribution in [3.63, 3.8) is 0 Å². The van der Waals surface area contributed by atoms with Crippen molar-refractivity contribution in [1.29, 1.82) is 0 Å². The van der Waals surface area contributed by atoms with Gasteiger partial charge in [0.1, 0.15) is 0 Å². The van der Waals surface area contributed by atoms with Crippen LogP contribution in [0.2, 0.25) is 0 Å². The summed E-state index contributed by atoms with van der Waals surface area (Å²) in [5.41, 5.74) is 6.93. The van der Waals surface area contributed by atoms with E-state index in [4.69, 9.17) is 5.73 Å². The Morgan fingerprint density at radius 1 is 1.44 bits per heavy atom. The molecular formula is C12H16N2OS. The van der Waals surface area contributed by atoms with Crippen LogP contribution in [0, 0.1) is 0 Å². The van der Waals surface area contributed by atoms with Gasteiger partial charge in [0.15, 0.2) is 0 Å². The van der Waals surface area contributed by atoms with E-state index in [0.29, 0.717) is 16.5 Å². The Balaban J connectivity index is 1.85. The first kappa shape index (κ1) is 11.3. The average Bonchev–Trinajstić information content (AvgIpc) is 2.80. The van der Waals surface area contributed by atoms with E-state index in [1.54, 1.807) is 24.3 Å². The smallest absolute Gasteiger partial charge is 0.251 e. The zero-order valence-corrected chi connectivity index (χ0v) is 9.93. The van der Waals surface area contributed by atoms with E-state index in [2.05, 4.69) is 5.32 Å². The number of nitrogens with one attached hydrogen (secondary N) is 1. The fraction of sp³-hybridized carbons (Fsp3) is 0.417. The van der Waals surface area contributed by atoms with Crippen LogP contribution in [0.15, 0.2) is 24.3 Å². The highest BCUT2D eigenvalue weighted by molar-refractivity contribution is 8.00. The number of nitrogens with two attached hydrogens (primary N) is 1. The minimum Gasteiger partial charge on any atom is -0.399 e. The van der Waals surface area contributed by atoms with Crippen molar-refractivity contribution in [3.05, 3.63) is 29.8 Å². The van der Waals surface area contributed by atoms with Gasteiger partial charge in [-0.25, -0.2) is 0 Å². The number of nitrogen functional groups attached to an aromatic ring is 1. The summed E-state index contributed by atoms with van der Waals surface area (Å²) >= 11 is 1.95. The summed E-state index contributed by atoms with van der Waals surface area (Å²) in [5.74, 6) is 1.22. The number of rotatable bonds is 3. The van der Waals surface area contributed by atoms with Gasteiger partial charge in [-0.1, -0.05) is 0 Å². The zero-order valence-electron chi connectivity index (χ0n) is 9.11. The largest absolute Gasteiger partial charge is 0.399 e. The maximum atomic E-state index is 11.8. The lowest BCUT2D eigenvalue weighted by atomic mass is 10.2. The molecule has 1 heterocycles. The van der Waals surface area contributed by atoms with Gasteiger partial charge in [0.05, 0.1) is 0 Å². The number of benzene rings is 1. The third-order valence-electron chi connectivity index (χ3n) is 2.69. The summed E-state index contributed by atoms with van der Waals surface area (Å²) in [5, 5.41) is 3.55. The summed E-state index contributed by atoms with van der Waals surface area (Å²) in [4.78, 5) is 11.8. The number of hydrogen-bond acceptors (Lipinski definition) is 3. The molecule has 1 atom stereocenters. The molecule has 1 saturated heterocycles. The van der Waals surface area contributed by atoms with Crippen LogP contribution in [-0.2, 0) is 0 Å². The average molecular weight is 236 g/mol. The second kappa shape index (κ2) is 5.25. The van der Waals surface area contributed by atoms with Gasteiger partial charge in [0, 0.05) is 23.0 Å². The molecule has 4 heteroatoms.